The fraction of sp³-hybridized carbons (Fsp3) is 0.667. The second-order valence-corrected chi connectivity index (χ2v) is 7.30. The van der Waals surface area contributed by atoms with Crippen LogP contribution in [-0.4, -0.2) is 13.1 Å². The van der Waals surface area contributed by atoms with Crippen molar-refractivity contribution in [2.45, 2.75) is 48.0 Å². The molecule has 0 saturated heterocycles. The Morgan fingerprint density at radius 3 is 2.05 bits per heavy atom. The zero-order chi connectivity index (χ0) is 14.5. The lowest BCUT2D eigenvalue weighted by atomic mass is 9.77. The Hall–Kier alpha value is -0.820. The molecule has 0 aliphatic heterocycles. The number of aryl methyl sites for hydroxylation is 1. The van der Waals surface area contributed by atoms with Crippen molar-refractivity contribution < 1.29 is 0 Å². The Balaban J connectivity index is 2.62. The van der Waals surface area contributed by atoms with Crippen molar-refractivity contribution in [3.63, 3.8) is 0 Å². The van der Waals surface area contributed by atoms with Crippen LogP contribution in [0.25, 0.3) is 0 Å². The monoisotopic (exact) mass is 261 g/mol. The molecule has 0 radical (unpaired) electrons. The molecular formula is C18H31N. The van der Waals surface area contributed by atoms with Crippen molar-refractivity contribution in [2.24, 2.45) is 17.3 Å². The molecule has 1 aromatic rings. The van der Waals surface area contributed by atoms with Crippen LogP contribution in [0, 0.1) is 24.2 Å². The molecule has 1 rings (SSSR count). The molecule has 19 heavy (non-hydrogen) atoms. The second-order valence-electron chi connectivity index (χ2n) is 7.30. The first-order valence-electron chi connectivity index (χ1n) is 7.55. The summed E-state index contributed by atoms with van der Waals surface area (Å²) in [6.45, 7) is 15.9. The molecule has 108 valence electrons. The topological polar surface area (TPSA) is 12.0 Å². The van der Waals surface area contributed by atoms with E-state index in [0.717, 1.165) is 25.4 Å². The van der Waals surface area contributed by atoms with Crippen LogP contribution in [0.4, 0.5) is 0 Å². The number of hydrogen-bond acceptors (Lipinski definition) is 1. The molecule has 0 spiro atoms. The van der Waals surface area contributed by atoms with E-state index in [1.54, 1.807) is 0 Å². The van der Waals surface area contributed by atoms with Crippen LogP contribution in [0.1, 0.15) is 45.7 Å². The fourth-order valence-electron chi connectivity index (χ4n) is 2.24. The average Bonchev–Trinajstić information content (AvgIpc) is 2.28. The number of benzene rings is 1. The highest BCUT2D eigenvalue weighted by molar-refractivity contribution is 5.22. The van der Waals surface area contributed by atoms with Crippen molar-refractivity contribution >= 4 is 0 Å². The van der Waals surface area contributed by atoms with E-state index < -0.39 is 0 Å². The molecule has 0 aliphatic rings. The standard InChI is InChI=1S/C18H31N/c1-14(2)12-19-13-17(18(4,5)6)11-16-9-7-15(3)8-10-16/h7-10,14,17,19H,11-13H2,1-6H3. The Morgan fingerprint density at radius 1 is 1.00 bits per heavy atom. The Kier molecular flexibility index (Phi) is 6.06. The predicted octanol–water partition coefficient (Wildman–Crippen LogP) is 4.45. The van der Waals surface area contributed by atoms with Crippen molar-refractivity contribution in [3.05, 3.63) is 35.4 Å². The molecule has 0 fully saturated rings. The van der Waals surface area contributed by atoms with Gasteiger partial charge in [-0.15, -0.1) is 0 Å². The van der Waals surface area contributed by atoms with Crippen LogP contribution in [0.5, 0.6) is 0 Å². The molecule has 0 saturated carbocycles. The fourth-order valence-corrected chi connectivity index (χ4v) is 2.24. The van der Waals surface area contributed by atoms with Gasteiger partial charge in [0.1, 0.15) is 0 Å². The molecule has 0 bridgehead atoms. The number of nitrogens with one attached hydrogen (secondary N) is 1. The highest BCUT2D eigenvalue weighted by atomic mass is 14.9. The first kappa shape index (κ1) is 16.2. The Labute approximate surface area is 119 Å². The van der Waals surface area contributed by atoms with Gasteiger partial charge in [0.15, 0.2) is 0 Å². The zero-order valence-electron chi connectivity index (χ0n) is 13.6. The van der Waals surface area contributed by atoms with E-state index in [9.17, 15) is 0 Å². The van der Waals surface area contributed by atoms with Gasteiger partial charge in [0.2, 0.25) is 0 Å². The maximum absolute atomic E-state index is 3.62. The van der Waals surface area contributed by atoms with Gasteiger partial charge in [0, 0.05) is 0 Å². The predicted molar refractivity (Wildman–Crippen MR) is 85.5 cm³/mol. The third kappa shape index (κ3) is 6.24. The summed E-state index contributed by atoms with van der Waals surface area (Å²) in [5, 5.41) is 3.62. The maximum Gasteiger partial charge on any atom is -0.00122 e. The molecule has 1 unspecified atom stereocenters. The largest absolute Gasteiger partial charge is 0.316 e. The molecule has 1 atom stereocenters. The molecule has 0 heterocycles. The molecule has 1 N–H and O–H groups in total. The second kappa shape index (κ2) is 7.09. The lowest BCUT2D eigenvalue weighted by Crippen LogP contribution is -2.35. The van der Waals surface area contributed by atoms with Gasteiger partial charge in [-0.2, -0.15) is 0 Å². The Morgan fingerprint density at radius 2 is 1.58 bits per heavy atom. The third-order valence-electron chi connectivity index (χ3n) is 3.77. The first-order chi connectivity index (χ1) is 8.79. The minimum absolute atomic E-state index is 0.342. The van der Waals surface area contributed by atoms with E-state index in [2.05, 4.69) is 71.1 Å². The smallest absolute Gasteiger partial charge is 0.00122 e. The summed E-state index contributed by atoms with van der Waals surface area (Å²) in [5.41, 5.74) is 3.14. The average molecular weight is 261 g/mol. The molecule has 1 heteroatoms. The van der Waals surface area contributed by atoms with Gasteiger partial charge in [-0.25, -0.2) is 0 Å². The van der Waals surface area contributed by atoms with Crippen molar-refractivity contribution in [1.82, 2.24) is 5.32 Å². The van der Waals surface area contributed by atoms with Crippen molar-refractivity contribution in [3.8, 4) is 0 Å². The first-order valence-corrected chi connectivity index (χ1v) is 7.55. The lowest BCUT2D eigenvalue weighted by molar-refractivity contribution is 0.228. The number of hydrogen-bond donors (Lipinski definition) is 1. The molecule has 0 aromatic heterocycles. The summed E-state index contributed by atoms with van der Waals surface area (Å²) in [6, 6.07) is 8.99. The normalized spacial score (nSPS) is 13.8. The van der Waals surface area contributed by atoms with E-state index in [1.165, 1.54) is 11.1 Å². The summed E-state index contributed by atoms with van der Waals surface area (Å²) in [7, 11) is 0. The summed E-state index contributed by atoms with van der Waals surface area (Å²) in [5.74, 6) is 1.40. The van der Waals surface area contributed by atoms with Gasteiger partial charge in [-0.1, -0.05) is 64.4 Å². The van der Waals surface area contributed by atoms with Gasteiger partial charge >= 0.3 is 0 Å². The maximum atomic E-state index is 3.62. The quantitative estimate of drug-likeness (QED) is 0.798. The van der Waals surface area contributed by atoms with E-state index in [4.69, 9.17) is 0 Å². The Bertz CT molecular complexity index is 356. The van der Waals surface area contributed by atoms with E-state index in [-0.39, 0.29) is 0 Å². The zero-order valence-corrected chi connectivity index (χ0v) is 13.6. The summed E-state index contributed by atoms with van der Waals surface area (Å²) in [6.07, 6.45) is 1.16. The van der Waals surface area contributed by atoms with E-state index in [0.29, 0.717) is 11.3 Å². The van der Waals surface area contributed by atoms with Crippen LogP contribution >= 0.6 is 0 Å². The van der Waals surface area contributed by atoms with Crippen LogP contribution in [-0.2, 0) is 6.42 Å². The van der Waals surface area contributed by atoms with E-state index >= 15 is 0 Å². The van der Waals surface area contributed by atoms with Gasteiger partial charge < -0.3 is 5.32 Å². The van der Waals surface area contributed by atoms with Gasteiger partial charge in [0.25, 0.3) is 0 Å². The van der Waals surface area contributed by atoms with Crippen LogP contribution in [0.15, 0.2) is 24.3 Å². The third-order valence-corrected chi connectivity index (χ3v) is 3.77. The van der Waals surface area contributed by atoms with Gasteiger partial charge in [0.05, 0.1) is 0 Å². The highest BCUT2D eigenvalue weighted by Gasteiger charge is 2.24. The SMILES string of the molecule is Cc1ccc(CC(CNCC(C)C)C(C)(C)C)cc1. The summed E-state index contributed by atoms with van der Waals surface area (Å²) in [4.78, 5) is 0. The molecule has 1 aromatic carbocycles. The van der Waals surface area contributed by atoms with Crippen LogP contribution in [0.2, 0.25) is 0 Å². The molecular weight excluding hydrogens is 230 g/mol. The molecule has 0 aliphatic carbocycles. The highest BCUT2D eigenvalue weighted by Crippen LogP contribution is 2.28. The summed E-state index contributed by atoms with van der Waals surface area (Å²) >= 11 is 0. The van der Waals surface area contributed by atoms with E-state index in [1.807, 2.05) is 0 Å². The molecule has 0 amide bonds. The van der Waals surface area contributed by atoms with Gasteiger partial charge in [-0.05, 0) is 49.2 Å². The van der Waals surface area contributed by atoms with Crippen molar-refractivity contribution in [1.29, 1.82) is 0 Å². The minimum atomic E-state index is 0.342. The number of rotatable bonds is 6. The lowest BCUT2D eigenvalue weighted by Gasteiger charge is -2.31. The van der Waals surface area contributed by atoms with Crippen LogP contribution < -0.4 is 5.32 Å². The van der Waals surface area contributed by atoms with Crippen LogP contribution in [0.3, 0.4) is 0 Å². The van der Waals surface area contributed by atoms with Crippen molar-refractivity contribution in [2.75, 3.05) is 13.1 Å². The minimum Gasteiger partial charge on any atom is -0.316 e. The molecule has 1 nitrogen and oxygen atoms in total. The summed E-state index contributed by atoms with van der Waals surface area (Å²) < 4.78 is 0. The van der Waals surface area contributed by atoms with Gasteiger partial charge in [-0.3, -0.25) is 0 Å².